The third-order valence-electron chi connectivity index (χ3n) is 2.62. The Kier molecular flexibility index (Phi) is 6.57. The minimum absolute atomic E-state index is 0.134. The smallest absolute Gasteiger partial charge is 0.286 e. The molecule has 0 aromatic heterocycles. The Labute approximate surface area is 112 Å². The van der Waals surface area contributed by atoms with E-state index in [1.165, 1.54) is 32.4 Å². The van der Waals surface area contributed by atoms with E-state index in [-0.39, 0.29) is 10.6 Å². The van der Waals surface area contributed by atoms with Crippen LogP contribution in [0.25, 0.3) is 0 Å². The van der Waals surface area contributed by atoms with Crippen LogP contribution < -0.4 is 4.74 Å². The average molecular weight is 269 g/mol. The van der Waals surface area contributed by atoms with Gasteiger partial charge >= 0.3 is 0 Å². The summed E-state index contributed by atoms with van der Waals surface area (Å²) >= 11 is 1.55. The topological polar surface area (TPSA) is 52.4 Å². The molecule has 0 radical (unpaired) electrons. The van der Waals surface area contributed by atoms with Gasteiger partial charge in [0.1, 0.15) is 5.75 Å². The van der Waals surface area contributed by atoms with E-state index in [0.717, 1.165) is 17.1 Å². The van der Waals surface area contributed by atoms with Crippen molar-refractivity contribution >= 4 is 17.4 Å². The summed E-state index contributed by atoms with van der Waals surface area (Å²) in [6, 6.07) is 5.01. The van der Waals surface area contributed by atoms with Crippen LogP contribution in [0.1, 0.15) is 32.6 Å². The predicted molar refractivity (Wildman–Crippen MR) is 74.5 cm³/mol. The standard InChI is InChI=1S/C13H19NO3S/c1-3-4-5-6-9-18-13-8-7-11(17-2)10-12(13)14(15)16/h7-8,10H,3-6,9H2,1-2H3. The van der Waals surface area contributed by atoms with Crippen LogP contribution in [-0.4, -0.2) is 17.8 Å². The maximum absolute atomic E-state index is 11.0. The SMILES string of the molecule is CCCCCCSc1ccc(OC)cc1[N+](=O)[O-]. The number of methoxy groups -OCH3 is 1. The van der Waals surface area contributed by atoms with E-state index in [0.29, 0.717) is 5.75 Å². The van der Waals surface area contributed by atoms with Crippen molar-refractivity contribution < 1.29 is 9.66 Å². The lowest BCUT2D eigenvalue weighted by molar-refractivity contribution is -0.387. The molecule has 0 N–H and O–H groups in total. The van der Waals surface area contributed by atoms with Crippen molar-refractivity contribution in [2.45, 2.75) is 37.5 Å². The number of ether oxygens (including phenoxy) is 1. The zero-order valence-corrected chi connectivity index (χ0v) is 11.7. The molecule has 0 atom stereocenters. The number of rotatable bonds is 8. The molecule has 5 heteroatoms. The lowest BCUT2D eigenvalue weighted by Crippen LogP contribution is -1.93. The molecule has 0 amide bonds. The minimum Gasteiger partial charge on any atom is -0.497 e. The highest BCUT2D eigenvalue weighted by atomic mass is 32.2. The monoisotopic (exact) mass is 269 g/mol. The van der Waals surface area contributed by atoms with Gasteiger partial charge in [0.2, 0.25) is 0 Å². The van der Waals surface area contributed by atoms with E-state index >= 15 is 0 Å². The summed E-state index contributed by atoms with van der Waals surface area (Å²) in [5, 5.41) is 11.0. The molecule has 0 fully saturated rings. The van der Waals surface area contributed by atoms with E-state index in [1.807, 2.05) is 0 Å². The quantitative estimate of drug-likeness (QED) is 0.306. The van der Waals surface area contributed by atoms with Crippen molar-refractivity contribution in [2.24, 2.45) is 0 Å². The fraction of sp³-hybridized carbons (Fsp3) is 0.538. The predicted octanol–water partition coefficient (Wildman–Crippen LogP) is 4.28. The second-order valence-corrected chi connectivity index (χ2v) is 5.14. The van der Waals surface area contributed by atoms with Gasteiger partial charge in [-0.05, 0) is 24.3 Å². The van der Waals surface area contributed by atoms with Crippen LogP contribution in [0.3, 0.4) is 0 Å². The molecular formula is C13H19NO3S. The molecule has 1 aromatic carbocycles. The molecule has 0 saturated heterocycles. The molecule has 1 aromatic rings. The van der Waals surface area contributed by atoms with Crippen LogP contribution in [0.2, 0.25) is 0 Å². The number of nitro benzene ring substituents is 1. The molecule has 0 aliphatic heterocycles. The number of unbranched alkanes of at least 4 members (excludes halogenated alkanes) is 3. The molecule has 1 rings (SSSR count). The van der Waals surface area contributed by atoms with E-state index in [1.54, 1.807) is 23.9 Å². The number of benzene rings is 1. The molecule has 100 valence electrons. The van der Waals surface area contributed by atoms with Gasteiger partial charge in [-0.3, -0.25) is 10.1 Å². The maximum atomic E-state index is 11.0. The van der Waals surface area contributed by atoms with Crippen molar-refractivity contribution in [3.63, 3.8) is 0 Å². The molecule has 0 saturated carbocycles. The third kappa shape index (κ3) is 4.56. The van der Waals surface area contributed by atoms with Gasteiger partial charge in [-0.15, -0.1) is 11.8 Å². The second-order valence-electron chi connectivity index (χ2n) is 4.00. The summed E-state index contributed by atoms with van der Waals surface area (Å²) in [4.78, 5) is 11.3. The number of nitro groups is 1. The van der Waals surface area contributed by atoms with Gasteiger partial charge in [0.25, 0.3) is 5.69 Å². The Morgan fingerprint density at radius 3 is 2.72 bits per heavy atom. The zero-order chi connectivity index (χ0) is 13.4. The third-order valence-corrected chi connectivity index (χ3v) is 3.77. The van der Waals surface area contributed by atoms with Gasteiger partial charge in [0.15, 0.2) is 0 Å². The fourth-order valence-electron chi connectivity index (χ4n) is 1.60. The first-order chi connectivity index (χ1) is 8.69. The Morgan fingerprint density at radius 1 is 1.33 bits per heavy atom. The summed E-state index contributed by atoms with van der Waals surface area (Å²) in [6.45, 7) is 2.17. The highest BCUT2D eigenvalue weighted by Gasteiger charge is 2.15. The highest BCUT2D eigenvalue weighted by Crippen LogP contribution is 2.32. The van der Waals surface area contributed by atoms with Gasteiger partial charge in [0, 0.05) is 0 Å². The Hall–Kier alpha value is -1.23. The molecule has 0 unspecified atom stereocenters. The Bertz CT molecular complexity index is 396. The highest BCUT2D eigenvalue weighted by molar-refractivity contribution is 7.99. The summed E-state index contributed by atoms with van der Waals surface area (Å²) in [6.07, 6.45) is 4.72. The summed E-state index contributed by atoms with van der Waals surface area (Å²) in [5.74, 6) is 1.45. The molecule has 0 spiro atoms. The van der Waals surface area contributed by atoms with Crippen LogP contribution in [0.15, 0.2) is 23.1 Å². The molecule has 0 heterocycles. The Morgan fingerprint density at radius 2 is 2.11 bits per heavy atom. The van der Waals surface area contributed by atoms with Crippen molar-refractivity contribution in [1.82, 2.24) is 0 Å². The second kappa shape index (κ2) is 7.97. The van der Waals surface area contributed by atoms with E-state index in [9.17, 15) is 10.1 Å². The first kappa shape index (κ1) is 14.8. The normalized spacial score (nSPS) is 10.3. The fourth-order valence-corrected chi connectivity index (χ4v) is 2.61. The van der Waals surface area contributed by atoms with E-state index < -0.39 is 0 Å². The van der Waals surface area contributed by atoms with Gasteiger partial charge in [0.05, 0.1) is 23.0 Å². The first-order valence-corrected chi connectivity index (χ1v) is 7.12. The van der Waals surface area contributed by atoms with E-state index in [2.05, 4.69) is 6.92 Å². The molecule has 4 nitrogen and oxygen atoms in total. The molecule has 0 bridgehead atoms. The molecular weight excluding hydrogens is 250 g/mol. The summed E-state index contributed by atoms with van der Waals surface area (Å²) in [7, 11) is 1.51. The number of thioether (sulfide) groups is 1. The van der Waals surface area contributed by atoms with Crippen molar-refractivity contribution in [3.8, 4) is 5.75 Å². The van der Waals surface area contributed by atoms with Crippen LogP contribution in [0.4, 0.5) is 5.69 Å². The van der Waals surface area contributed by atoms with Gasteiger partial charge in [-0.25, -0.2) is 0 Å². The number of hydrogen-bond acceptors (Lipinski definition) is 4. The number of hydrogen-bond donors (Lipinski definition) is 0. The first-order valence-electron chi connectivity index (χ1n) is 6.14. The average Bonchev–Trinajstić information content (AvgIpc) is 2.38. The molecule has 0 aliphatic rings. The largest absolute Gasteiger partial charge is 0.497 e. The summed E-state index contributed by atoms with van der Waals surface area (Å²) < 4.78 is 5.00. The lowest BCUT2D eigenvalue weighted by Gasteiger charge is -2.05. The van der Waals surface area contributed by atoms with Gasteiger partial charge < -0.3 is 4.74 Å². The number of nitrogens with zero attached hydrogens (tertiary/aromatic N) is 1. The van der Waals surface area contributed by atoms with Crippen LogP contribution in [0, 0.1) is 10.1 Å². The lowest BCUT2D eigenvalue weighted by atomic mass is 10.2. The summed E-state index contributed by atoms with van der Waals surface area (Å²) in [5.41, 5.74) is 0.134. The van der Waals surface area contributed by atoms with Crippen LogP contribution in [0.5, 0.6) is 5.75 Å². The van der Waals surface area contributed by atoms with Crippen LogP contribution >= 0.6 is 11.8 Å². The minimum atomic E-state index is -0.350. The van der Waals surface area contributed by atoms with Crippen molar-refractivity contribution in [3.05, 3.63) is 28.3 Å². The van der Waals surface area contributed by atoms with Gasteiger partial charge in [-0.2, -0.15) is 0 Å². The molecule has 0 aliphatic carbocycles. The van der Waals surface area contributed by atoms with Crippen LogP contribution in [-0.2, 0) is 0 Å². The maximum Gasteiger partial charge on any atom is 0.286 e. The van der Waals surface area contributed by atoms with Crippen molar-refractivity contribution in [1.29, 1.82) is 0 Å². The van der Waals surface area contributed by atoms with E-state index in [4.69, 9.17) is 4.74 Å². The zero-order valence-electron chi connectivity index (χ0n) is 10.8. The Balaban J connectivity index is 2.61. The van der Waals surface area contributed by atoms with Gasteiger partial charge in [-0.1, -0.05) is 26.2 Å². The van der Waals surface area contributed by atoms with Crippen molar-refractivity contribution in [2.75, 3.05) is 12.9 Å². The molecule has 18 heavy (non-hydrogen) atoms.